The number of carboxylic acid groups (broad SMARTS) is 1. The van der Waals surface area contributed by atoms with Gasteiger partial charge in [0.15, 0.2) is 35.4 Å². The molecule has 2 aromatic carbocycles. The summed E-state index contributed by atoms with van der Waals surface area (Å²) >= 11 is 0. The van der Waals surface area contributed by atoms with Gasteiger partial charge in [0.25, 0.3) is 0 Å². The van der Waals surface area contributed by atoms with Gasteiger partial charge in [0.1, 0.15) is 19.3 Å². The molecule has 3 heterocycles. The van der Waals surface area contributed by atoms with Crippen LogP contribution in [0.4, 0.5) is 5.69 Å². The largest absolute Gasteiger partial charge is 0.493 e. The number of para-hydroxylation sites is 2. The van der Waals surface area contributed by atoms with Gasteiger partial charge in [0.2, 0.25) is 12.7 Å². The van der Waals surface area contributed by atoms with E-state index in [0.717, 1.165) is 18.5 Å². The number of hydrogen-bond acceptors (Lipinski definition) is 8. The zero-order valence-corrected chi connectivity index (χ0v) is 25.3. The number of nitrogens with zero attached hydrogens (tertiary/aromatic N) is 3. The number of unbranched alkanes of at least 4 members (excludes halogenated alkanes) is 1. The molecule has 0 saturated carbocycles. The van der Waals surface area contributed by atoms with E-state index in [2.05, 4.69) is 6.92 Å². The third-order valence-electron chi connectivity index (χ3n) is 8.29. The van der Waals surface area contributed by atoms with Crippen molar-refractivity contribution in [1.29, 1.82) is 0 Å². The Morgan fingerprint density at radius 1 is 1.14 bits per heavy atom. The number of aryl methyl sites for hydroxylation is 1. The summed E-state index contributed by atoms with van der Waals surface area (Å²) in [6, 6.07) is 13.9. The van der Waals surface area contributed by atoms with Crippen molar-refractivity contribution in [3.8, 4) is 23.0 Å². The number of anilines is 1. The molecule has 44 heavy (non-hydrogen) atoms. The van der Waals surface area contributed by atoms with E-state index in [1.54, 1.807) is 36.3 Å². The molecule has 0 aliphatic carbocycles. The minimum atomic E-state index is -1.00. The topological polar surface area (TPSA) is 122 Å². The molecule has 1 aromatic heterocycles. The number of rotatable bonds is 13. The number of amides is 1. The van der Waals surface area contributed by atoms with Crippen LogP contribution in [-0.4, -0.2) is 73.2 Å². The van der Waals surface area contributed by atoms with Crippen molar-refractivity contribution in [2.24, 2.45) is 13.0 Å². The number of carbonyl (C=O) groups excluding carboxylic acids is 1. The third kappa shape index (κ3) is 6.58. The summed E-state index contributed by atoms with van der Waals surface area (Å²) in [5, 5.41) is 20.6. The van der Waals surface area contributed by atoms with Crippen LogP contribution in [0.5, 0.6) is 23.0 Å². The maximum atomic E-state index is 14.0. The highest BCUT2D eigenvalue weighted by atomic mass is 16.7. The van der Waals surface area contributed by atoms with Crippen molar-refractivity contribution in [3.05, 3.63) is 72.1 Å². The number of aliphatic carboxylic acids is 1. The van der Waals surface area contributed by atoms with Gasteiger partial charge in [-0.3, -0.25) is 14.5 Å². The highest BCUT2D eigenvalue weighted by Crippen LogP contribution is 2.44. The quantitative estimate of drug-likeness (QED) is 0.283. The molecular weight excluding hydrogens is 566 g/mol. The van der Waals surface area contributed by atoms with Crippen molar-refractivity contribution in [2.75, 3.05) is 45.0 Å². The fourth-order valence-electron chi connectivity index (χ4n) is 6.09. The number of likely N-dealkylation sites (tertiary alicyclic amines) is 1. The molecule has 1 saturated heterocycles. The molecule has 0 radical (unpaired) electrons. The minimum absolute atomic E-state index is 0.0000366. The van der Waals surface area contributed by atoms with Crippen LogP contribution in [0.2, 0.25) is 0 Å². The zero-order valence-electron chi connectivity index (χ0n) is 25.3. The molecule has 0 spiro atoms. The summed E-state index contributed by atoms with van der Waals surface area (Å²) in [5.74, 6) is -0.601. The Hall–Kier alpha value is -4.35. The van der Waals surface area contributed by atoms with Gasteiger partial charge in [-0.05, 0) is 42.3 Å². The van der Waals surface area contributed by atoms with Gasteiger partial charge in [0.05, 0.1) is 32.2 Å². The fourth-order valence-corrected chi connectivity index (χ4v) is 6.09. The number of pyridine rings is 1. The standard InChI is InChI=1S/C33H39N3O8/c1-4-5-13-36(24-9-8-12-34(2)16-24)30(38)18-35-17-25(22-14-23(19-37)32-29(15-22)43-21-44-32)31(33(39)40)26(35)20-42-28-11-7-6-10-27(28)41-3/h6-12,14-16,25-26,31,37H,4-5,13,17-21H2,1-3H3/p+1/t25-,26+,31-/m1/s1. The highest BCUT2D eigenvalue weighted by molar-refractivity contribution is 5.94. The first-order valence-electron chi connectivity index (χ1n) is 14.9. The zero-order chi connectivity index (χ0) is 31.2. The predicted octanol–water partition coefficient (Wildman–Crippen LogP) is 3.12. The number of methoxy groups -OCH3 is 1. The second-order valence-corrected chi connectivity index (χ2v) is 11.1. The van der Waals surface area contributed by atoms with Crippen molar-refractivity contribution in [3.63, 3.8) is 0 Å². The van der Waals surface area contributed by atoms with Gasteiger partial charge in [-0.2, -0.15) is 0 Å². The van der Waals surface area contributed by atoms with E-state index in [1.807, 2.05) is 53.2 Å². The first-order chi connectivity index (χ1) is 21.3. The number of hydrogen-bond donors (Lipinski definition) is 2. The molecular formula is C33H40N3O8+. The summed E-state index contributed by atoms with van der Waals surface area (Å²) in [4.78, 5) is 30.7. The molecule has 0 unspecified atom stereocenters. The lowest BCUT2D eigenvalue weighted by molar-refractivity contribution is -0.670. The van der Waals surface area contributed by atoms with Crippen molar-refractivity contribution in [2.45, 2.75) is 38.3 Å². The predicted molar refractivity (Wildman–Crippen MR) is 161 cm³/mol. The highest BCUT2D eigenvalue weighted by Gasteiger charge is 2.48. The Morgan fingerprint density at radius 3 is 2.64 bits per heavy atom. The molecule has 3 atom stereocenters. The maximum Gasteiger partial charge on any atom is 0.308 e. The average Bonchev–Trinajstić information content (AvgIpc) is 3.64. The van der Waals surface area contributed by atoms with Crippen LogP contribution in [0.25, 0.3) is 0 Å². The summed E-state index contributed by atoms with van der Waals surface area (Å²) in [5.41, 5.74) is 2.00. The molecule has 5 rings (SSSR count). The number of benzene rings is 2. The van der Waals surface area contributed by atoms with E-state index in [9.17, 15) is 19.8 Å². The number of aromatic nitrogens is 1. The number of carboxylic acids is 1. The second kappa shape index (κ2) is 14.0. The number of fused-ring (bicyclic) bond motifs is 1. The number of aliphatic hydroxyl groups excluding tert-OH is 1. The maximum absolute atomic E-state index is 14.0. The van der Waals surface area contributed by atoms with Crippen molar-refractivity contribution >= 4 is 17.6 Å². The van der Waals surface area contributed by atoms with Crippen LogP contribution in [0.15, 0.2) is 60.9 Å². The molecule has 2 aliphatic rings. The lowest BCUT2D eigenvalue weighted by Crippen LogP contribution is -2.47. The molecule has 11 nitrogen and oxygen atoms in total. The molecule has 1 amide bonds. The molecule has 0 bridgehead atoms. The molecule has 2 N–H and O–H groups in total. The van der Waals surface area contributed by atoms with E-state index < -0.39 is 23.8 Å². The molecule has 11 heteroatoms. The van der Waals surface area contributed by atoms with Crippen LogP contribution in [0.1, 0.15) is 36.8 Å². The van der Waals surface area contributed by atoms with E-state index in [0.29, 0.717) is 40.7 Å². The summed E-state index contributed by atoms with van der Waals surface area (Å²) in [6.45, 7) is 2.68. The van der Waals surface area contributed by atoms with Crippen LogP contribution >= 0.6 is 0 Å². The molecule has 3 aromatic rings. The molecule has 1 fully saturated rings. The molecule has 234 valence electrons. The SMILES string of the molecule is CCCCN(C(=O)CN1C[C@H](c2cc(CO)c3c(c2)OCO3)[C@@H](C(=O)O)[C@@H]1COc1ccccc1OC)c1ccc[n+](C)c1. The normalized spacial score (nSPS) is 19.1. The van der Waals surface area contributed by atoms with Gasteiger partial charge in [-0.25, -0.2) is 4.57 Å². The van der Waals surface area contributed by atoms with Gasteiger partial charge in [-0.1, -0.05) is 25.5 Å². The van der Waals surface area contributed by atoms with E-state index in [4.69, 9.17) is 18.9 Å². The van der Waals surface area contributed by atoms with Crippen LogP contribution < -0.4 is 28.4 Å². The smallest absolute Gasteiger partial charge is 0.308 e. The monoisotopic (exact) mass is 606 g/mol. The van der Waals surface area contributed by atoms with Crippen LogP contribution in [-0.2, 0) is 23.2 Å². The number of ether oxygens (including phenoxy) is 4. The second-order valence-electron chi connectivity index (χ2n) is 11.1. The Labute approximate surface area is 257 Å². The van der Waals surface area contributed by atoms with Gasteiger partial charge < -0.3 is 34.1 Å². The van der Waals surface area contributed by atoms with Crippen molar-refractivity contribution in [1.82, 2.24) is 4.90 Å². The lowest BCUT2D eigenvalue weighted by Gasteiger charge is -2.29. The van der Waals surface area contributed by atoms with Crippen molar-refractivity contribution < 1.29 is 43.3 Å². The lowest BCUT2D eigenvalue weighted by atomic mass is 9.84. The minimum Gasteiger partial charge on any atom is -0.493 e. The van der Waals surface area contributed by atoms with Gasteiger partial charge >= 0.3 is 5.97 Å². The summed E-state index contributed by atoms with van der Waals surface area (Å²) < 4.78 is 24.7. The van der Waals surface area contributed by atoms with E-state index in [-0.39, 0.29) is 39.0 Å². The Balaban J connectivity index is 1.49. The first-order valence-corrected chi connectivity index (χ1v) is 14.9. The molecule has 2 aliphatic heterocycles. The first kappa shape index (κ1) is 31.1. The van der Waals surface area contributed by atoms with Crippen LogP contribution in [0, 0.1) is 5.92 Å². The third-order valence-corrected chi connectivity index (χ3v) is 8.29. The van der Waals surface area contributed by atoms with Gasteiger partial charge in [0, 0.05) is 30.6 Å². The summed E-state index contributed by atoms with van der Waals surface area (Å²) in [6.07, 6.45) is 5.56. The Bertz CT molecular complexity index is 1480. The Kier molecular flexibility index (Phi) is 9.86. The summed E-state index contributed by atoms with van der Waals surface area (Å²) in [7, 11) is 3.46. The fraction of sp³-hybridized carbons (Fsp3) is 0.424. The average molecular weight is 607 g/mol. The van der Waals surface area contributed by atoms with E-state index >= 15 is 0 Å². The number of aliphatic hydroxyl groups is 1. The van der Waals surface area contributed by atoms with Gasteiger partial charge in [-0.15, -0.1) is 0 Å². The van der Waals surface area contributed by atoms with Crippen LogP contribution in [0.3, 0.4) is 0 Å². The number of carbonyl (C=O) groups is 2. The van der Waals surface area contributed by atoms with E-state index in [1.165, 1.54) is 0 Å². The Morgan fingerprint density at radius 2 is 1.93 bits per heavy atom.